The van der Waals surface area contributed by atoms with E-state index in [1.807, 2.05) is 13.0 Å². The summed E-state index contributed by atoms with van der Waals surface area (Å²) in [5, 5.41) is 0.484. The number of hydrogen-bond donors (Lipinski definition) is 1. The van der Waals surface area contributed by atoms with Crippen LogP contribution in [-0.4, -0.2) is 28.4 Å². The second-order valence-corrected chi connectivity index (χ2v) is 5.77. The number of hydrogen-bond acceptors (Lipinski definition) is 2. The van der Waals surface area contributed by atoms with Gasteiger partial charge in [0.2, 0.25) is 0 Å². The third kappa shape index (κ3) is 3.07. The number of nitrogens with two attached hydrogens (primary N) is 1. The molecule has 2 rings (SSSR count). The van der Waals surface area contributed by atoms with Crippen LogP contribution in [0.5, 0.6) is 0 Å². The number of piperidine rings is 1. The van der Waals surface area contributed by atoms with E-state index in [9.17, 15) is 4.79 Å². The number of carbonyl (C=O) groups excluding carboxylic acids is 1. The molecule has 1 heterocycles. The third-order valence-electron chi connectivity index (χ3n) is 3.45. The van der Waals surface area contributed by atoms with E-state index in [4.69, 9.17) is 29.6 Å². The third-order valence-corrected chi connectivity index (χ3v) is 4.03. The number of aryl methyl sites for hydroxylation is 1. The Labute approximate surface area is 123 Å². The van der Waals surface area contributed by atoms with Crippen molar-refractivity contribution in [1.29, 1.82) is 0 Å². The van der Waals surface area contributed by atoms with Gasteiger partial charge < -0.3 is 10.6 Å². The molecular formula is C14H17ClN2OS. The van der Waals surface area contributed by atoms with Gasteiger partial charge in [0.15, 0.2) is 0 Å². The van der Waals surface area contributed by atoms with Crippen LogP contribution in [0.1, 0.15) is 35.2 Å². The van der Waals surface area contributed by atoms with Gasteiger partial charge in [0.05, 0.1) is 21.6 Å². The first-order valence-corrected chi connectivity index (χ1v) is 7.16. The van der Waals surface area contributed by atoms with Crippen LogP contribution in [0.15, 0.2) is 18.2 Å². The largest absolute Gasteiger partial charge is 0.392 e. The van der Waals surface area contributed by atoms with Crippen molar-refractivity contribution in [1.82, 2.24) is 4.90 Å². The molecule has 1 fully saturated rings. The lowest BCUT2D eigenvalue weighted by atomic mass is 10.0. The van der Waals surface area contributed by atoms with Gasteiger partial charge in [-0.2, -0.15) is 0 Å². The maximum Gasteiger partial charge on any atom is 0.255 e. The molecule has 1 unspecified atom stereocenters. The number of halogens is 1. The zero-order chi connectivity index (χ0) is 14.0. The van der Waals surface area contributed by atoms with Crippen LogP contribution in [-0.2, 0) is 0 Å². The summed E-state index contributed by atoms with van der Waals surface area (Å²) in [4.78, 5) is 14.7. The molecule has 2 N–H and O–H groups in total. The Morgan fingerprint density at radius 3 is 2.84 bits per heavy atom. The fraction of sp³-hybridized carbons (Fsp3) is 0.429. The first-order valence-electron chi connectivity index (χ1n) is 6.37. The van der Waals surface area contributed by atoms with Crippen LogP contribution in [0, 0.1) is 6.92 Å². The van der Waals surface area contributed by atoms with Crippen LogP contribution in [0.4, 0.5) is 0 Å². The Kier molecular flexibility index (Phi) is 4.42. The van der Waals surface area contributed by atoms with Crippen molar-refractivity contribution in [3.63, 3.8) is 0 Å². The Balaban J connectivity index is 2.28. The van der Waals surface area contributed by atoms with Gasteiger partial charge in [-0.15, -0.1) is 0 Å². The van der Waals surface area contributed by atoms with E-state index in [1.54, 1.807) is 17.0 Å². The number of likely N-dealkylation sites (tertiary alicyclic amines) is 1. The molecule has 0 aliphatic carbocycles. The summed E-state index contributed by atoms with van der Waals surface area (Å²) in [6.45, 7) is 2.63. The summed E-state index contributed by atoms with van der Waals surface area (Å²) in [5.41, 5.74) is 7.30. The Bertz CT molecular complexity index is 518. The first kappa shape index (κ1) is 14.3. The van der Waals surface area contributed by atoms with Crippen molar-refractivity contribution < 1.29 is 4.79 Å². The highest BCUT2D eigenvalue weighted by Gasteiger charge is 2.30. The van der Waals surface area contributed by atoms with Crippen LogP contribution in [0.25, 0.3) is 0 Å². The van der Waals surface area contributed by atoms with Crippen molar-refractivity contribution >= 4 is 34.7 Å². The SMILES string of the molecule is Cc1ccc(C(=O)N2CCCCC2C(N)=S)c(Cl)c1. The molecule has 1 aromatic carbocycles. The second-order valence-electron chi connectivity index (χ2n) is 4.90. The summed E-state index contributed by atoms with van der Waals surface area (Å²) in [7, 11) is 0. The molecule has 19 heavy (non-hydrogen) atoms. The molecule has 0 bridgehead atoms. The molecule has 1 aliphatic heterocycles. The predicted octanol–water partition coefficient (Wildman–Crippen LogP) is 2.93. The smallest absolute Gasteiger partial charge is 0.255 e. The molecule has 0 spiro atoms. The number of amides is 1. The van der Waals surface area contributed by atoms with Crippen molar-refractivity contribution in [2.45, 2.75) is 32.2 Å². The number of rotatable bonds is 2. The van der Waals surface area contributed by atoms with E-state index in [1.165, 1.54) is 0 Å². The molecule has 102 valence electrons. The van der Waals surface area contributed by atoms with Gasteiger partial charge in [0, 0.05) is 6.54 Å². The quantitative estimate of drug-likeness (QED) is 0.854. The van der Waals surface area contributed by atoms with E-state index in [0.717, 1.165) is 24.8 Å². The zero-order valence-corrected chi connectivity index (χ0v) is 12.4. The topological polar surface area (TPSA) is 46.3 Å². The average molecular weight is 297 g/mol. The highest BCUT2D eigenvalue weighted by Crippen LogP contribution is 2.24. The second kappa shape index (κ2) is 5.88. The molecule has 1 saturated heterocycles. The van der Waals surface area contributed by atoms with Gasteiger partial charge in [-0.05, 0) is 43.9 Å². The standard InChI is InChI=1S/C14H17ClN2OS/c1-9-5-6-10(11(15)8-9)14(18)17-7-3-2-4-12(17)13(16)19/h5-6,8,12H,2-4,7H2,1H3,(H2,16,19). The zero-order valence-electron chi connectivity index (χ0n) is 10.9. The van der Waals surface area contributed by atoms with Gasteiger partial charge in [-0.3, -0.25) is 4.79 Å². The lowest BCUT2D eigenvalue weighted by Gasteiger charge is -2.35. The molecule has 0 radical (unpaired) electrons. The minimum Gasteiger partial charge on any atom is -0.392 e. The van der Waals surface area contributed by atoms with Gasteiger partial charge in [-0.25, -0.2) is 0 Å². The number of nitrogens with zero attached hydrogens (tertiary/aromatic N) is 1. The molecule has 1 amide bonds. The Morgan fingerprint density at radius 1 is 1.47 bits per heavy atom. The van der Waals surface area contributed by atoms with Crippen molar-refractivity contribution in [3.05, 3.63) is 34.3 Å². The summed E-state index contributed by atoms with van der Waals surface area (Å²) in [5.74, 6) is -0.0810. The molecular weight excluding hydrogens is 280 g/mol. The average Bonchev–Trinajstić information content (AvgIpc) is 2.38. The highest BCUT2D eigenvalue weighted by atomic mass is 35.5. The normalized spacial score (nSPS) is 19.3. The highest BCUT2D eigenvalue weighted by molar-refractivity contribution is 7.80. The number of carbonyl (C=O) groups is 1. The fourth-order valence-corrected chi connectivity index (χ4v) is 2.98. The summed E-state index contributed by atoms with van der Waals surface area (Å²) < 4.78 is 0. The van der Waals surface area contributed by atoms with Gasteiger partial charge in [0.1, 0.15) is 0 Å². The van der Waals surface area contributed by atoms with E-state index < -0.39 is 0 Å². The van der Waals surface area contributed by atoms with Gasteiger partial charge >= 0.3 is 0 Å². The Hall–Kier alpha value is -1.13. The van der Waals surface area contributed by atoms with Crippen LogP contribution in [0.3, 0.4) is 0 Å². The van der Waals surface area contributed by atoms with E-state index in [-0.39, 0.29) is 11.9 Å². The van der Waals surface area contributed by atoms with Gasteiger partial charge in [-0.1, -0.05) is 29.9 Å². The Morgan fingerprint density at radius 2 is 2.21 bits per heavy atom. The van der Waals surface area contributed by atoms with Crippen LogP contribution < -0.4 is 5.73 Å². The number of benzene rings is 1. The van der Waals surface area contributed by atoms with E-state index in [0.29, 0.717) is 22.1 Å². The van der Waals surface area contributed by atoms with Crippen LogP contribution in [0.2, 0.25) is 5.02 Å². The molecule has 0 aromatic heterocycles. The molecule has 3 nitrogen and oxygen atoms in total. The first-order chi connectivity index (χ1) is 9.00. The maximum atomic E-state index is 12.6. The van der Waals surface area contributed by atoms with Crippen molar-refractivity contribution in [2.24, 2.45) is 5.73 Å². The van der Waals surface area contributed by atoms with Crippen molar-refractivity contribution in [2.75, 3.05) is 6.54 Å². The fourth-order valence-electron chi connectivity index (χ4n) is 2.42. The van der Waals surface area contributed by atoms with Crippen LogP contribution >= 0.6 is 23.8 Å². The monoisotopic (exact) mass is 296 g/mol. The lowest BCUT2D eigenvalue weighted by molar-refractivity contribution is 0.0681. The summed E-state index contributed by atoms with van der Waals surface area (Å²) in [6.07, 6.45) is 2.87. The minimum absolute atomic E-state index is 0.0810. The predicted molar refractivity (Wildman–Crippen MR) is 81.6 cm³/mol. The molecule has 1 aromatic rings. The molecule has 1 aliphatic rings. The lowest BCUT2D eigenvalue weighted by Crippen LogP contribution is -2.49. The summed E-state index contributed by atoms with van der Waals surface area (Å²) in [6, 6.07) is 5.31. The maximum absolute atomic E-state index is 12.6. The molecule has 0 saturated carbocycles. The molecule has 1 atom stereocenters. The molecule has 5 heteroatoms. The van der Waals surface area contributed by atoms with Crippen molar-refractivity contribution in [3.8, 4) is 0 Å². The minimum atomic E-state index is -0.145. The summed E-state index contributed by atoms with van der Waals surface area (Å²) >= 11 is 11.2. The van der Waals surface area contributed by atoms with E-state index >= 15 is 0 Å². The number of thiocarbonyl (C=S) groups is 1. The van der Waals surface area contributed by atoms with E-state index in [2.05, 4.69) is 0 Å². The van der Waals surface area contributed by atoms with Gasteiger partial charge in [0.25, 0.3) is 5.91 Å².